The van der Waals surface area contributed by atoms with Gasteiger partial charge in [0.1, 0.15) is 5.00 Å². The third-order valence-corrected chi connectivity index (χ3v) is 7.30. The Bertz CT molecular complexity index is 1280. The van der Waals surface area contributed by atoms with Crippen molar-refractivity contribution in [2.45, 2.75) is 25.5 Å². The molecular weight excluding hydrogens is 486 g/mol. The molecule has 2 amide bonds. The Hall–Kier alpha value is -3.44. The molecule has 0 unspecified atom stereocenters. The topological polar surface area (TPSA) is 106 Å². The van der Waals surface area contributed by atoms with Gasteiger partial charge in [0.15, 0.2) is 11.0 Å². The molecule has 0 aliphatic rings. The van der Waals surface area contributed by atoms with Crippen LogP contribution in [-0.4, -0.2) is 64.4 Å². The van der Waals surface area contributed by atoms with E-state index in [0.29, 0.717) is 28.0 Å². The van der Waals surface area contributed by atoms with Crippen molar-refractivity contribution in [3.63, 3.8) is 0 Å². The van der Waals surface area contributed by atoms with Crippen LogP contribution < -0.4 is 5.32 Å². The number of aromatic nitrogens is 3. The number of aryl methyl sites for hydroxylation is 1. The molecule has 3 rings (SSSR count). The highest BCUT2D eigenvalue weighted by Crippen LogP contribution is 2.34. The van der Waals surface area contributed by atoms with Crippen molar-refractivity contribution < 1.29 is 19.1 Å². The van der Waals surface area contributed by atoms with E-state index >= 15 is 0 Å². The number of nitrogens with zero attached hydrogens (tertiary/aromatic N) is 4. The summed E-state index contributed by atoms with van der Waals surface area (Å²) in [4.78, 5) is 39.5. The molecule has 35 heavy (non-hydrogen) atoms. The van der Waals surface area contributed by atoms with Gasteiger partial charge in [-0.1, -0.05) is 42.1 Å². The van der Waals surface area contributed by atoms with Crippen molar-refractivity contribution in [3.05, 3.63) is 58.5 Å². The lowest BCUT2D eigenvalue weighted by molar-refractivity contribution is -0.113. The van der Waals surface area contributed by atoms with Crippen LogP contribution in [0.4, 0.5) is 5.00 Å². The van der Waals surface area contributed by atoms with Gasteiger partial charge in [-0.25, -0.2) is 4.79 Å². The predicted octanol–water partition coefficient (Wildman–Crippen LogP) is 4.03. The summed E-state index contributed by atoms with van der Waals surface area (Å²) in [6.45, 7) is 7.96. The van der Waals surface area contributed by atoms with Gasteiger partial charge in [0.05, 0.1) is 23.3 Å². The normalized spacial score (nSPS) is 10.7. The fourth-order valence-corrected chi connectivity index (χ4v) is 5.34. The number of methoxy groups -OCH3 is 1. The zero-order chi connectivity index (χ0) is 25.7. The summed E-state index contributed by atoms with van der Waals surface area (Å²) >= 11 is 2.27. The highest BCUT2D eigenvalue weighted by molar-refractivity contribution is 7.99. The molecule has 11 heteroatoms. The summed E-state index contributed by atoms with van der Waals surface area (Å²) in [5, 5.41) is 12.2. The molecule has 0 fully saturated rings. The number of nitrogens with one attached hydrogen (secondary N) is 1. The first-order valence-electron chi connectivity index (χ1n) is 10.7. The molecule has 1 aromatic carbocycles. The number of carbonyl (C=O) groups is 3. The number of amides is 2. The molecule has 2 aromatic heterocycles. The minimum Gasteiger partial charge on any atom is -0.465 e. The fourth-order valence-electron chi connectivity index (χ4n) is 3.36. The van der Waals surface area contributed by atoms with Crippen LogP contribution in [0, 0.1) is 13.8 Å². The number of hydrogen-bond acceptors (Lipinski definition) is 8. The zero-order valence-corrected chi connectivity index (χ0v) is 21.9. The Morgan fingerprint density at radius 3 is 2.57 bits per heavy atom. The van der Waals surface area contributed by atoms with Gasteiger partial charge < -0.3 is 15.0 Å². The van der Waals surface area contributed by atoms with Crippen molar-refractivity contribution in [1.82, 2.24) is 19.7 Å². The Morgan fingerprint density at radius 2 is 1.94 bits per heavy atom. The SMILES string of the molecule is C=CCn1c(SCC(=O)Nc2sc(C(=O)N(C)C)c(C)c2C(=O)OC)nnc1-c1ccccc1C. The largest absolute Gasteiger partial charge is 0.465 e. The van der Waals surface area contributed by atoms with Crippen LogP contribution in [0.25, 0.3) is 11.4 Å². The highest BCUT2D eigenvalue weighted by Gasteiger charge is 2.27. The monoisotopic (exact) mass is 513 g/mol. The van der Waals surface area contributed by atoms with Crippen molar-refractivity contribution >= 4 is 45.9 Å². The number of ether oxygens (including phenoxy) is 1. The van der Waals surface area contributed by atoms with Crippen molar-refractivity contribution in [1.29, 1.82) is 0 Å². The number of esters is 1. The maximum Gasteiger partial charge on any atom is 0.341 e. The average Bonchev–Trinajstić information content (AvgIpc) is 3.37. The number of rotatable bonds is 9. The molecule has 9 nitrogen and oxygen atoms in total. The smallest absolute Gasteiger partial charge is 0.341 e. The lowest BCUT2D eigenvalue weighted by Gasteiger charge is -2.09. The zero-order valence-electron chi connectivity index (χ0n) is 20.2. The molecule has 0 saturated carbocycles. The van der Waals surface area contributed by atoms with Gasteiger partial charge in [-0.3, -0.25) is 14.2 Å². The minimum absolute atomic E-state index is 0.0254. The molecule has 2 heterocycles. The maximum absolute atomic E-state index is 12.8. The summed E-state index contributed by atoms with van der Waals surface area (Å²) in [5.74, 6) is -0.505. The Labute approximate surface area is 212 Å². The van der Waals surface area contributed by atoms with Crippen LogP contribution in [0.5, 0.6) is 0 Å². The Balaban J connectivity index is 1.82. The second-order valence-corrected chi connectivity index (χ2v) is 9.77. The molecule has 0 aliphatic carbocycles. The van der Waals surface area contributed by atoms with Gasteiger partial charge >= 0.3 is 5.97 Å². The van der Waals surface area contributed by atoms with Crippen LogP contribution in [0.2, 0.25) is 0 Å². The maximum atomic E-state index is 12.8. The lowest BCUT2D eigenvalue weighted by atomic mass is 10.1. The van der Waals surface area contributed by atoms with Gasteiger partial charge in [-0.2, -0.15) is 0 Å². The summed E-state index contributed by atoms with van der Waals surface area (Å²) in [6, 6.07) is 7.87. The van der Waals surface area contributed by atoms with Gasteiger partial charge in [0.25, 0.3) is 5.91 Å². The van der Waals surface area contributed by atoms with Gasteiger partial charge in [0.2, 0.25) is 5.91 Å². The first kappa shape index (κ1) is 26.2. The lowest BCUT2D eigenvalue weighted by Crippen LogP contribution is -2.21. The standard InChI is InChI=1S/C24H27N5O4S2/c1-7-12-29-20(16-11-9-8-10-14(16)2)26-27-24(29)34-13-17(30)25-21-18(23(32)33-6)15(3)19(35-21)22(31)28(4)5/h7-11H,1,12-13H2,2-6H3,(H,25,30). The molecule has 0 aliphatic heterocycles. The summed E-state index contributed by atoms with van der Waals surface area (Å²) in [6.07, 6.45) is 1.75. The van der Waals surface area contributed by atoms with E-state index in [-0.39, 0.29) is 28.1 Å². The van der Waals surface area contributed by atoms with Crippen molar-refractivity contribution in [3.8, 4) is 11.4 Å². The molecule has 0 atom stereocenters. The van der Waals surface area contributed by atoms with Crippen LogP contribution in [0.15, 0.2) is 42.1 Å². The van der Waals surface area contributed by atoms with E-state index in [1.165, 1.54) is 23.8 Å². The molecule has 184 valence electrons. The third kappa shape index (κ3) is 5.63. The average molecular weight is 514 g/mol. The fraction of sp³-hybridized carbons (Fsp3) is 0.292. The predicted molar refractivity (Wildman–Crippen MR) is 138 cm³/mol. The second kappa shape index (κ2) is 11.3. The van der Waals surface area contributed by atoms with Crippen LogP contribution in [0.1, 0.15) is 31.2 Å². The first-order chi connectivity index (χ1) is 16.7. The number of anilines is 1. The molecule has 0 spiro atoms. The molecule has 0 saturated heterocycles. The Morgan fingerprint density at radius 1 is 1.23 bits per heavy atom. The van der Waals surface area contributed by atoms with Crippen molar-refractivity contribution in [2.75, 3.05) is 32.3 Å². The van der Waals surface area contributed by atoms with E-state index in [2.05, 4.69) is 22.1 Å². The number of allylic oxidation sites excluding steroid dienone is 1. The quantitative estimate of drug-likeness (QED) is 0.262. The van der Waals surface area contributed by atoms with E-state index in [4.69, 9.17) is 4.74 Å². The van der Waals surface area contributed by atoms with Gasteiger partial charge in [0, 0.05) is 26.2 Å². The van der Waals surface area contributed by atoms with Crippen LogP contribution >= 0.6 is 23.1 Å². The Kier molecular flexibility index (Phi) is 8.47. The van der Waals surface area contributed by atoms with Crippen LogP contribution in [0.3, 0.4) is 0 Å². The summed E-state index contributed by atoms with van der Waals surface area (Å²) in [5.41, 5.74) is 2.66. The highest BCUT2D eigenvalue weighted by atomic mass is 32.2. The van der Waals surface area contributed by atoms with E-state index in [9.17, 15) is 14.4 Å². The summed E-state index contributed by atoms with van der Waals surface area (Å²) < 4.78 is 6.77. The summed E-state index contributed by atoms with van der Waals surface area (Å²) in [7, 11) is 4.50. The number of thiophene rings is 1. The van der Waals surface area contributed by atoms with E-state index in [1.807, 2.05) is 35.8 Å². The molecular formula is C24H27N5O4S2. The molecule has 0 bridgehead atoms. The van der Waals surface area contributed by atoms with Crippen molar-refractivity contribution in [2.24, 2.45) is 0 Å². The number of thioether (sulfide) groups is 1. The van der Waals surface area contributed by atoms with Gasteiger partial charge in [-0.15, -0.1) is 28.1 Å². The number of benzene rings is 1. The molecule has 0 radical (unpaired) electrons. The molecule has 1 N–H and O–H groups in total. The molecule has 3 aromatic rings. The van der Waals surface area contributed by atoms with E-state index in [1.54, 1.807) is 27.1 Å². The second-order valence-electron chi connectivity index (χ2n) is 7.81. The third-order valence-electron chi connectivity index (χ3n) is 5.14. The number of carbonyl (C=O) groups excluding carboxylic acids is 3. The minimum atomic E-state index is -0.617. The van der Waals surface area contributed by atoms with Crippen LogP contribution in [-0.2, 0) is 16.1 Å². The van der Waals surface area contributed by atoms with E-state index < -0.39 is 5.97 Å². The first-order valence-corrected chi connectivity index (χ1v) is 12.5. The van der Waals surface area contributed by atoms with E-state index in [0.717, 1.165) is 22.5 Å². The number of hydrogen-bond donors (Lipinski definition) is 1. The van der Waals surface area contributed by atoms with Gasteiger partial charge in [-0.05, 0) is 25.0 Å².